The zero-order valence-corrected chi connectivity index (χ0v) is 13.8. The number of benzene rings is 2. The van der Waals surface area contributed by atoms with Crippen molar-refractivity contribution in [1.82, 2.24) is 0 Å². The van der Waals surface area contributed by atoms with Gasteiger partial charge in [0.15, 0.2) is 0 Å². The second-order valence-electron chi connectivity index (χ2n) is 5.55. The van der Waals surface area contributed by atoms with Crippen molar-refractivity contribution >= 4 is 34.8 Å². The van der Waals surface area contributed by atoms with Crippen LogP contribution in [0.1, 0.15) is 18.1 Å². The van der Waals surface area contributed by atoms with E-state index in [1.165, 1.54) is 0 Å². The van der Waals surface area contributed by atoms with Gasteiger partial charge in [-0.1, -0.05) is 41.4 Å². The van der Waals surface area contributed by atoms with E-state index in [1.54, 1.807) is 19.2 Å². The van der Waals surface area contributed by atoms with Crippen LogP contribution in [-0.4, -0.2) is 13.0 Å². The number of carbonyl (C=O) groups excluding carboxylic acids is 1. The summed E-state index contributed by atoms with van der Waals surface area (Å²) in [4.78, 5) is 12.6. The van der Waals surface area contributed by atoms with Crippen LogP contribution in [0.2, 0.25) is 10.0 Å². The van der Waals surface area contributed by atoms with Gasteiger partial charge in [0.1, 0.15) is 5.75 Å². The fraction of sp³-hybridized carbons (Fsp3) is 0.235. The quantitative estimate of drug-likeness (QED) is 0.899. The Bertz CT molecular complexity index is 760. The lowest BCUT2D eigenvalue weighted by Gasteiger charge is -2.24. The van der Waals surface area contributed by atoms with Crippen LogP contribution in [0.5, 0.6) is 5.75 Å². The van der Waals surface area contributed by atoms with Crippen LogP contribution in [0.15, 0.2) is 36.4 Å². The van der Waals surface area contributed by atoms with E-state index in [0.29, 0.717) is 22.2 Å². The third-order valence-corrected chi connectivity index (χ3v) is 4.76. The van der Waals surface area contributed by atoms with Crippen LogP contribution in [0.25, 0.3) is 0 Å². The lowest BCUT2D eigenvalue weighted by atomic mass is 9.78. The number of halogens is 2. The highest BCUT2D eigenvalue weighted by molar-refractivity contribution is 6.38. The zero-order valence-electron chi connectivity index (χ0n) is 12.2. The third-order valence-electron chi connectivity index (χ3n) is 4.13. The normalized spacial score (nSPS) is 19.7. The predicted octanol–water partition coefficient (Wildman–Crippen LogP) is 4.45. The number of para-hydroxylation sites is 1. The van der Waals surface area contributed by atoms with E-state index in [9.17, 15) is 4.79 Å². The lowest BCUT2D eigenvalue weighted by Crippen LogP contribution is -2.33. The zero-order chi connectivity index (χ0) is 15.9. The van der Waals surface area contributed by atoms with Crippen molar-refractivity contribution in [3.8, 4) is 5.75 Å². The van der Waals surface area contributed by atoms with E-state index < -0.39 is 5.41 Å². The van der Waals surface area contributed by atoms with Crippen LogP contribution in [-0.2, 0) is 16.6 Å². The molecule has 1 unspecified atom stereocenters. The maximum atomic E-state index is 12.6. The van der Waals surface area contributed by atoms with Gasteiger partial charge in [-0.05, 0) is 37.1 Å². The van der Waals surface area contributed by atoms with Crippen molar-refractivity contribution in [2.45, 2.75) is 18.8 Å². The molecular formula is C17H15Cl2NO2. The average Bonchev–Trinajstić information content (AvgIpc) is 2.77. The summed E-state index contributed by atoms with van der Waals surface area (Å²) in [7, 11) is 1.62. The summed E-state index contributed by atoms with van der Waals surface area (Å²) in [5.41, 5.74) is 1.52. The molecule has 1 amide bonds. The molecule has 1 atom stereocenters. The fourth-order valence-electron chi connectivity index (χ4n) is 2.98. The maximum absolute atomic E-state index is 12.6. The molecule has 0 aromatic heterocycles. The second-order valence-corrected chi connectivity index (χ2v) is 6.37. The van der Waals surface area contributed by atoms with Crippen molar-refractivity contribution in [2.75, 3.05) is 12.4 Å². The highest BCUT2D eigenvalue weighted by atomic mass is 35.5. The van der Waals surface area contributed by atoms with Gasteiger partial charge < -0.3 is 10.1 Å². The first-order valence-electron chi connectivity index (χ1n) is 6.89. The minimum Gasteiger partial charge on any atom is -0.496 e. The Labute approximate surface area is 139 Å². The van der Waals surface area contributed by atoms with Crippen molar-refractivity contribution in [1.29, 1.82) is 0 Å². The number of nitrogens with one attached hydrogen (secondary N) is 1. The first-order chi connectivity index (χ1) is 10.5. The summed E-state index contributed by atoms with van der Waals surface area (Å²) in [6.45, 7) is 1.88. The van der Waals surface area contributed by atoms with Gasteiger partial charge in [-0.25, -0.2) is 0 Å². The highest BCUT2D eigenvalue weighted by Crippen LogP contribution is 2.47. The monoisotopic (exact) mass is 335 g/mol. The summed E-state index contributed by atoms with van der Waals surface area (Å²) in [6, 6.07) is 11.1. The Hall–Kier alpha value is -1.71. The summed E-state index contributed by atoms with van der Waals surface area (Å²) in [6.07, 6.45) is 0.482. The molecule has 1 N–H and O–H groups in total. The molecule has 22 heavy (non-hydrogen) atoms. The average molecular weight is 336 g/mol. The summed E-state index contributed by atoms with van der Waals surface area (Å²) in [5, 5.41) is 3.89. The molecule has 3 rings (SSSR count). The predicted molar refractivity (Wildman–Crippen MR) is 89.1 cm³/mol. The number of anilines is 1. The molecule has 0 spiro atoms. The van der Waals surface area contributed by atoms with Crippen LogP contribution < -0.4 is 10.1 Å². The van der Waals surface area contributed by atoms with Crippen molar-refractivity contribution in [2.24, 2.45) is 0 Å². The number of hydrogen-bond acceptors (Lipinski definition) is 2. The molecule has 0 saturated heterocycles. The van der Waals surface area contributed by atoms with Gasteiger partial charge in [0.05, 0.1) is 23.2 Å². The van der Waals surface area contributed by atoms with Crippen LogP contribution in [0, 0.1) is 0 Å². The standard InChI is InChI=1S/C17H15Cl2NO2/c1-17(9-10-5-3-4-6-13(10)22-2)14-11(18)7-8-12(19)15(14)20-16(17)21/h3-8H,9H2,1-2H3,(H,20,21). The van der Waals surface area contributed by atoms with Gasteiger partial charge in [-0.15, -0.1) is 0 Å². The van der Waals surface area contributed by atoms with Gasteiger partial charge in [0.25, 0.3) is 0 Å². The minimum absolute atomic E-state index is 0.108. The number of carbonyl (C=O) groups is 1. The lowest BCUT2D eigenvalue weighted by molar-refractivity contribution is -0.120. The molecule has 1 heterocycles. The minimum atomic E-state index is -0.786. The van der Waals surface area contributed by atoms with E-state index in [0.717, 1.165) is 16.9 Å². The molecule has 2 aromatic rings. The highest BCUT2D eigenvalue weighted by Gasteiger charge is 2.45. The number of amides is 1. The molecule has 114 valence electrons. The van der Waals surface area contributed by atoms with E-state index in [4.69, 9.17) is 27.9 Å². The Kier molecular flexibility index (Phi) is 3.79. The second kappa shape index (κ2) is 5.49. The van der Waals surface area contributed by atoms with Gasteiger partial charge in [0, 0.05) is 10.6 Å². The molecule has 1 aliphatic heterocycles. The smallest absolute Gasteiger partial charge is 0.235 e. The summed E-state index contributed by atoms with van der Waals surface area (Å²) >= 11 is 12.5. The molecule has 0 saturated carbocycles. The summed E-state index contributed by atoms with van der Waals surface area (Å²) < 4.78 is 5.39. The van der Waals surface area contributed by atoms with Crippen LogP contribution in [0.3, 0.4) is 0 Å². The number of fused-ring (bicyclic) bond motifs is 1. The number of rotatable bonds is 3. The van der Waals surface area contributed by atoms with E-state index in [-0.39, 0.29) is 5.91 Å². The number of hydrogen-bond donors (Lipinski definition) is 1. The molecule has 0 fully saturated rings. The largest absolute Gasteiger partial charge is 0.496 e. The summed E-state index contributed by atoms with van der Waals surface area (Å²) in [5.74, 6) is 0.645. The van der Waals surface area contributed by atoms with Crippen LogP contribution in [0.4, 0.5) is 5.69 Å². The fourth-order valence-corrected chi connectivity index (χ4v) is 3.55. The van der Waals surface area contributed by atoms with Gasteiger partial charge in [-0.2, -0.15) is 0 Å². The number of methoxy groups -OCH3 is 1. The van der Waals surface area contributed by atoms with Gasteiger partial charge >= 0.3 is 0 Å². The Morgan fingerprint density at radius 2 is 1.82 bits per heavy atom. The molecule has 0 radical (unpaired) electrons. The van der Waals surface area contributed by atoms with Gasteiger partial charge in [-0.3, -0.25) is 4.79 Å². The topological polar surface area (TPSA) is 38.3 Å². The van der Waals surface area contributed by atoms with Crippen molar-refractivity contribution < 1.29 is 9.53 Å². The van der Waals surface area contributed by atoms with Crippen LogP contribution >= 0.6 is 23.2 Å². The maximum Gasteiger partial charge on any atom is 0.235 e. The molecule has 5 heteroatoms. The van der Waals surface area contributed by atoms with Gasteiger partial charge in [0.2, 0.25) is 5.91 Å². The Morgan fingerprint density at radius 1 is 1.14 bits per heavy atom. The van der Waals surface area contributed by atoms with Crippen molar-refractivity contribution in [3.63, 3.8) is 0 Å². The Morgan fingerprint density at radius 3 is 2.55 bits per heavy atom. The molecule has 3 nitrogen and oxygen atoms in total. The SMILES string of the molecule is COc1ccccc1CC1(C)C(=O)Nc2c(Cl)ccc(Cl)c21. The van der Waals surface area contributed by atoms with E-state index in [1.807, 2.05) is 31.2 Å². The van der Waals surface area contributed by atoms with E-state index >= 15 is 0 Å². The first-order valence-corrected chi connectivity index (χ1v) is 7.65. The molecule has 2 aromatic carbocycles. The molecule has 0 bridgehead atoms. The van der Waals surface area contributed by atoms with E-state index in [2.05, 4.69) is 5.32 Å². The number of ether oxygens (including phenoxy) is 1. The first kappa shape index (κ1) is 15.2. The Balaban J connectivity index is 2.12. The van der Waals surface area contributed by atoms with Crippen molar-refractivity contribution in [3.05, 3.63) is 57.6 Å². The third kappa shape index (κ3) is 2.25. The molecular weight excluding hydrogens is 321 g/mol. The molecule has 1 aliphatic rings. The molecule has 0 aliphatic carbocycles.